The van der Waals surface area contributed by atoms with E-state index in [0.29, 0.717) is 12.5 Å². The fraction of sp³-hybridized carbons (Fsp3) is 0.727. The fourth-order valence-electron chi connectivity index (χ4n) is 4.86. The molecule has 0 radical (unpaired) electrons. The smallest absolute Gasteiger partial charge is 0.236 e. The SMILES string of the molecule is Cc1ccc(N2CCN(CC(=O)N3CCN(C4CCCCC4)CC3)CC2)nc1. The van der Waals surface area contributed by atoms with Crippen LogP contribution < -0.4 is 4.90 Å². The summed E-state index contributed by atoms with van der Waals surface area (Å²) >= 11 is 0. The molecule has 3 fully saturated rings. The molecule has 6 heteroatoms. The lowest BCUT2D eigenvalue weighted by molar-refractivity contribution is -0.134. The predicted octanol–water partition coefficient (Wildman–Crippen LogP) is 1.99. The Morgan fingerprint density at radius 1 is 0.964 bits per heavy atom. The van der Waals surface area contributed by atoms with Crippen molar-refractivity contribution < 1.29 is 4.79 Å². The molecule has 1 aromatic rings. The number of hydrogen-bond acceptors (Lipinski definition) is 5. The lowest BCUT2D eigenvalue weighted by atomic mass is 9.94. The maximum Gasteiger partial charge on any atom is 0.236 e. The van der Waals surface area contributed by atoms with Crippen molar-refractivity contribution in [2.24, 2.45) is 0 Å². The second kappa shape index (κ2) is 9.23. The standard InChI is InChI=1S/C22H35N5O/c1-19-7-8-21(23-17-19)26-11-9-24(10-12-26)18-22(28)27-15-13-25(14-16-27)20-5-3-2-4-6-20/h7-8,17,20H,2-6,9-16,18H2,1H3. The van der Waals surface area contributed by atoms with E-state index in [9.17, 15) is 4.79 Å². The molecule has 0 spiro atoms. The molecule has 28 heavy (non-hydrogen) atoms. The molecule has 3 aliphatic rings. The van der Waals surface area contributed by atoms with Crippen molar-refractivity contribution >= 4 is 11.7 Å². The number of aromatic nitrogens is 1. The third-order valence-corrected chi connectivity index (χ3v) is 6.71. The van der Waals surface area contributed by atoms with Crippen LogP contribution in [0.5, 0.6) is 0 Å². The van der Waals surface area contributed by atoms with Crippen LogP contribution in [0.2, 0.25) is 0 Å². The van der Waals surface area contributed by atoms with E-state index in [1.165, 1.54) is 37.7 Å². The fourth-order valence-corrected chi connectivity index (χ4v) is 4.86. The van der Waals surface area contributed by atoms with Gasteiger partial charge < -0.3 is 9.80 Å². The topological polar surface area (TPSA) is 42.9 Å². The van der Waals surface area contributed by atoms with Crippen molar-refractivity contribution in [1.29, 1.82) is 0 Å². The van der Waals surface area contributed by atoms with E-state index in [2.05, 4.69) is 43.6 Å². The van der Waals surface area contributed by atoms with E-state index in [-0.39, 0.29) is 0 Å². The molecular formula is C22H35N5O. The van der Waals surface area contributed by atoms with Gasteiger partial charge in [0.05, 0.1) is 6.54 Å². The largest absolute Gasteiger partial charge is 0.354 e. The van der Waals surface area contributed by atoms with Crippen molar-refractivity contribution in [2.75, 3.05) is 63.8 Å². The van der Waals surface area contributed by atoms with Gasteiger partial charge in [-0.25, -0.2) is 4.98 Å². The van der Waals surface area contributed by atoms with Crippen LogP contribution in [0, 0.1) is 6.92 Å². The molecule has 3 heterocycles. The first kappa shape index (κ1) is 19.6. The van der Waals surface area contributed by atoms with Gasteiger partial charge in [-0.3, -0.25) is 14.6 Å². The van der Waals surface area contributed by atoms with Crippen molar-refractivity contribution in [3.8, 4) is 0 Å². The molecule has 0 bridgehead atoms. The minimum Gasteiger partial charge on any atom is -0.354 e. The van der Waals surface area contributed by atoms with Crippen molar-refractivity contribution in [2.45, 2.75) is 45.1 Å². The molecule has 1 saturated carbocycles. The lowest BCUT2D eigenvalue weighted by Crippen LogP contribution is -2.55. The number of piperazine rings is 2. The van der Waals surface area contributed by atoms with Crippen LogP contribution in [0.25, 0.3) is 0 Å². The zero-order chi connectivity index (χ0) is 19.3. The Hall–Kier alpha value is -1.66. The van der Waals surface area contributed by atoms with Crippen LogP contribution in [0.15, 0.2) is 18.3 Å². The van der Waals surface area contributed by atoms with Crippen molar-refractivity contribution in [3.05, 3.63) is 23.9 Å². The summed E-state index contributed by atoms with van der Waals surface area (Å²) in [4.78, 5) is 26.7. The zero-order valence-electron chi connectivity index (χ0n) is 17.4. The Bertz CT molecular complexity index is 627. The number of anilines is 1. The molecule has 1 amide bonds. The minimum absolute atomic E-state index is 0.310. The molecule has 1 aromatic heterocycles. The molecule has 0 unspecified atom stereocenters. The van der Waals surface area contributed by atoms with Gasteiger partial charge in [-0.05, 0) is 31.4 Å². The highest BCUT2D eigenvalue weighted by Crippen LogP contribution is 2.23. The molecule has 0 atom stereocenters. The summed E-state index contributed by atoms with van der Waals surface area (Å²) < 4.78 is 0. The van der Waals surface area contributed by atoms with Gasteiger partial charge in [0.15, 0.2) is 0 Å². The second-order valence-electron chi connectivity index (χ2n) is 8.67. The third kappa shape index (κ3) is 4.84. The number of rotatable bonds is 4. The number of aryl methyl sites for hydroxylation is 1. The maximum absolute atomic E-state index is 12.8. The number of nitrogens with zero attached hydrogens (tertiary/aromatic N) is 5. The highest BCUT2D eigenvalue weighted by molar-refractivity contribution is 5.78. The molecule has 6 nitrogen and oxygen atoms in total. The van der Waals surface area contributed by atoms with Crippen LogP contribution in [-0.4, -0.2) is 90.5 Å². The van der Waals surface area contributed by atoms with Crippen molar-refractivity contribution in [1.82, 2.24) is 19.7 Å². The first-order valence-corrected chi connectivity index (χ1v) is 11.1. The molecule has 0 N–H and O–H groups in total. The summed E-state index contributed by atoms with van der Waals surface area (Å²) in [6, 6.07) is 4.99. The van der Waals surface area contributed by atoms with E-state index >= 15 is 0 Å². The normalized spacial score (nSPS) is 23.2. The maximum atomic E-state index is 12.8. The Morgan fingerprint density at radius 3 is 2.32 bits per heavy atom. The van der Waals surface area contributed by atoms with E-state index in [4.69, 9.17) is 0 Å². The van der Waals surface area contributed by atoms with Crippen LogP contribution >= 0.6 is 0 Å². The van der Waals surface area contributed by atoms with Crippen LogP contribution in [-0.2, 0) is 4.79 Å². The number of hydrogen-bond donors (Lipinski definition) is 0. The summed E-state index contributed by atoms with van der Waals surface area (Å²) in [5.41, 5.74) is 1.19. The van der Waals surface area contributed by atoms with E-state index in [1.807, 2.05) is 6.20 Å². The Labute approximate surface area is 169 Å². The van der Waals surface area contributed by atoms with Gasteiger partial charge in [-0.15, -0.1) is 0 Å². The van der Waals surface area contributed by atoms with E-state index in [1.54, 1.807) is 0 Å². The Balaban J connectivity index is 1.19. The Kier molecular flexibility index (Phi) is 6.47. The molecule has 0 aromatic carbocycles. The molecule has 1 aliphatic carbocycles. The quantitative estimate of drug-likeness (QED) is 0.793. The van der Waals surface area contributed by atoms with Crippen LogP contribution in [0.4, 0.5) is 5.82 Å². The molecule has 2 saturated heterocycles. The van der Waals surface area contributed by atoms with E-state index < -0.39 is 0 Å². The van der Waals surface area contributed by atoms with Crippen LogP contribution in [0.3, 0.4) is 0 Å². The first-order valence-electron chi connectivity index (χ1n) is 11.1. The summed E-state index contributed by atoms with van der Waals surface area (Å²) in [6.07, 6.45) is 8.81. The number of pyridine rings is 1. The molecule has 154 valence electrons. The summed E-state index contributed by atoms with van der Waals surface area (Å²) in [7, 11) is 0. The Morgan fingerprint density at radius 2 is 1.68 bits per heavy atom. The van der Waals surface area contributed by atoms with Crippen LogP contribution in [0.1, 0.15) is 37.7 Å². The number of carbonyl (C=O) groups is 1. The minimum atomic E-state index is 0.310. The summed E-state index contributed by atoms with van der Waals surface area (Å²) in [5.74, 6) is 1.36. The highest BCUT2D eigenvalue weighted by atomic mass is 16.2. The van der Waals surface area contributed by atoms with Gasteiger partial charge >= 0.3 is 0 Å². The number of carbonyl (C=O) groups excluding carboxylic acids is 1. The van der Waals surface area contributed by atoms with Crippen molar-refractivity contribution in [3.63, 3.8) is 0 Å². The zero-order valence-corrected chi connectivity index (χ0v) is 17.4. The predicted molar refractivity (Wildman–Crippen MR) is 113 cm³/mol. The van der Waals surface area contributed by atoms with Gasteiger partial charge in [0.25, 0.3) is 0 Å². The lowest BCUT2D eigenvalue weighted by Gasteiger charge is -2.41. The highest BCUT2D eigenvalue weighted by Gasteiger charge is 2.28. The molecule has 2 aliphatic heterocycles. The monoisotopic (exact) mass is 385 g/mol. The molecular weight excluding hydrogens is 350 g/mol. The molecule has 4 rings (SSSR count). The summed E-state index contributed by atoms with van der Waals surface area (Å²) in [6.45, 7) is 10.3. The van der Waals surface area contributed by atoms with Gasteiger partial charge in [0.2, 0.25) is 5.91 Å². The first-order chi connectivity index (χ1) is 13.7. The third-order valence-electron chi connectivity index (χ3n) is 6.71. The van der Waals surface area contributed by atoms with Gasteiger partial charge in [-0.1, -0.05) is 25.3 Å². The van der Waals surface area contributed by atoms with Gasteiger partial charge in [0.1, 0.15) is 5.82 Å². The second-order valence-corrected chi connectivity index (χ2v) is 8.67. The summed E-state index contributed by atoms with van der Waals surface area (Å²) in [5, 5.41) is 0. The van der Waals surface area contributed by atoms with Gasteiger partial charge in [-0.2, -0.15) is 0 Å². The number of amides is 1. The van der Waals surface area contributed by atoms with E-state index in [0.717, 1.165) is 64.2 Å². The average molecular weight is 386 g/mol. The van der Waals surface area contributed by atoms with Gasteiger partial charge in [0, 0.05) is 64.6 Å². The average Bonchev–Trinajstić information content (AvgIpc) is 2.76.